The number of rotatable bonds is 8. The van der Waals surface area contributed by atoms with E-state index in [4.69, 9.17) is 4.74 Å². The van der Waals surface area contributed by atoms with Crippen LogP contribution in [0.15, 0.2) is 58.5 Å². The molecule has 0 saturated heterocycles. The Kier molecular flexibility index (Phi) is 9.65. The molecule has 2 aromatic rings. The summed E-state index contributed by atoms with van der Waals surface area (Å²) in [6, 6.07) is 13.9. The van der Waals surface area contributed by atoms with Crippen LogP contribution < -0.4 is 0 Å². The van der Waals surface area contributed by atoms with Gasteiger partial charge in [0.15, 0.2) is 0 Å². The van der Waals surface area contributed by atoms with Crippen molar-refractivity contribution in [1.29, 1.82) is 0 Å². The Morgan fingerprint density at radius 1 is 1.00 bits per heavy atom. The number of aliphatic imine (C=N–C) groups is 2. The number of hydrogen-bond acceptors (Lipinski definition) is 5. The van der Waals surface area contributed by atoms with E-state index in [0.29, 0.717) is 24.1 Å². The predicted molar refractivity (Wildman–Crippen MR) is 101 cm³/mol. The van der Waals surface area contributed by atoms with E-state index < -0.39 is 0 Å². The third-order valence-corrected chi connectivity index (χ3v) is 3.71. The van der Waals surface area contributed by atoms with Crippen molar-refractivity contribution in [2.75, 3.05) is 13.7 Å². The van der Waals surface area contributed by atoms with E-state index in [2.05, 4.69) is 16.9 Å². The molecule has 2 aromatic carbocycles. The first kappa shape index (κ1) is 21.9. The molecular weight excluding hydrogens is 375 g/mol. The molecule has 2 atom stereocenters. The molecule has 0 fully saturated rings. The first-order valence-electron chi connectivity index (χ1n) is 8.05. The molecule has 0 bridgehead atoms. The fourth-order valence-electron chi connectivity index (χ4n) is 2.23. The summed E-state index contributed by atoms with van der Waals surface area (Å²) in [6.07, 6.45) is 3.66. The molecule has 2 N–H and O–H groups in total. The van der Waals surface area contributed by atoms with Crippen molar-refractivity contribution in [2.24, 2.45) is 9.98 Å². The zero-order chi connectivity index (χ0) is 18.1. The first-order valence-corrected chi connectivity index (χ1v) is 8.05. The minimum Gasteiger partial charge on any atom is -0.507 e. The molecule has 6 heteroatoms. The summed E-state index contributed by atoms with van der Waals surface area (Å²) in [5.74, 6) is 0.369. The molecule has 141 valence electrons. The van der Waals surface area contributed by atoms with E-state index in [1.165, 1.54) is 0 Å². The van der Waals surface area contributed by atoms with Crippen LogP contribution in [0.3, 0.4) is 0 Å². The Labute approximate surface area is 164 Å². The molecule has 26 heavy (non-hydrogen) atoms. The van der Waals surface area contributed by atoms with Gasteiger partial charge in [-0.25, -0.2) is 0 Å². The molecule has 0 heterocycles. The third-order valence-electron chi connectivity index (χ3n) is 3.71. The van der Waals surface area contributed by atoms with Crippen LogP contribution in [0.2, 0.25) is 0 Å². The van der Waals surface area contributed by atoms with Gasteiger partial charge in [0, 0.05) is 47.4 Å². The fraction of sp³-hybridized carbons (Fsp3) is 0.250. The van der Waals surface area contributed by atoms with Crippen LogP contribution in [0.25, 0.3) is 0 Å². The quantitative estimate of drug-likeness (QED) is 0.530. The number of methoxy groups -OCH3 is 1. The number of aromatic hydroxyl groups is 2. The molecule has 0 saturated carbocycles. The summed E-state index contributed by atoms with van der Waals surface area (Å²) in [5.41, 5.74) is 1.30. The van der Waals surface area contributed by atoms with Gasteiger partial charge in [0.05, 0.1) is 12.6 Å². The normalized spacial score (nSPS) is 13.6. The van der Waals surface area contributed by atoms with Gasteiger partial charge in [-0.3, -0.25) is 9.98 Å². The van der Waals surface area contributed by atoms with Crippen LogP contribution in [0, 0.1) is 6.92 Å². The smallest absolute Gasteiger partial charge is 0.124 e. The van der Waals surface area contributed by atoms with Crippen molar-refractivity contribution in [3.8, 4) is 11.5 Å². The molecule has 1 radical (unpaired) electrons. The second-order valence-electron chi connectivity index (χ2n) is 5.64. The van der Waals surface area contributed by atoms with Gasteiger partial charge in [0.2, 0.25) is 0 Å². The van der Waals surface area contributed by atoms with Crippen LogP contribution in [0.4, 0.5) is 0 Å². The summed E-state index contributed by atoms with van der Waals surface area (Å²) in [4.78, 5) is 8.90. The van der Waals surface area contributed by atoms with E-state index in [1.807, 2.05) is 12.1 Å². The number of phenolic OH excluding ortho intramolecular Hbond substituents is 2. The van der Waals surface area contributed by atoms with Crippen LogP contribution >= 0.6 is 0 Å². The van der Waals surface area contributed by atoms with Crippen molar-refractivity contribution < 1.29 is 31.7 Å². The zero-order valence-electron chi connectivity index (χ0n) is 14.6. The van der Waals surface area contributed by atoms with Crippen LogP contribution in [0.1, 0.15) is 17.5 Å². The van der Waals surface area contributed by atoms with Gasteiger partial charge in [0.25, 0.3) is 0 Å². The molecule has 0 aromatic heterocycles. The van der Waals surface area contributed by atoms with Gasteiger partial charge in [-0.15, -0.1) is 0 Å². The zero-order valence-corrected chi connectivity index (χ0v) is 15.6. The Bertz CT molecular complexity index is 735. The number of phenols is 2. The number of nitrogens with zero attached hydrogens (tertiary/aromatic N) is 2. The molecule has 0 aliphatic heterocycles. The Hall–Kier alpha value is -2.15. The van der Waals surface area contributed by atoms with Crippen LogP contribution in [0.5, 0.6) is 11.5 Å². The second kappa shape index (κ2) is 11.5. The van der Waals surface area contributed by atoms with Crippen molar-refractivity contribution in [3.63, 3.8) is 0 Å². The van der Waals surface area contributed by atoms with E-state index >= 15 is 0 Å². The summed E-state index contributed by atoms with van der Waals surface area (Å²) in [6.45, 7) is 4.34. The number of para-hydroxylation sites is 2. The maximum absolute atomic E-state index is 9.82. The fourth-order valence-corrected chi connectivity index (χ4v) is 2.23. The first-order chi connectivity index (χ1) is 12.1. The molecular formula is C20H23CoN2O3-. The van der Waals surface area contributed by atoms with Gasteiger partial charge in [0.1, 0.15) is 11.5 Å². The van der Waals surface area contributed by atoms with Gasteiger partial charge in [-0.2, -0.15) is 0 Å². The number of benzene rings is 2. The predicted octanol–water partition coefficient (Wildman–Crippen LogP) is 3.24. The number of ether oxygens (including phenoxy) is 1. The van der Waals surface area contributed by atoms with Crippen molar-refractivity contribution in [3.05, 3.63) is 66.6 Å². The summed E-state index contributed by atoms with van der Waals surface area (Å²) < 4.78 is 5.21. The van der Waals surface area contributed by atoms with E-state index in [1.54, 1.807) is 55.9 Å². The third kappa shape index (κ3) is 6.99. The summed E-state index contributed by atoms with van der Waals surface area (Å²) >= 11 is 0. The average molecular weight is 398 g/mol. The van der Waals surface area contributed by atoms with Crippen LogP contribution in [-0.2, 0) is 21.5 Å². The maximum Gasteiger partial charge on any atom is 0.124 e. The maximum atomic E-state index is 9.82. The van der Waals surface area contributed by atoms with Crippen molar-refractivity contribution in [2.45, 2.75) is 18.6 Å². The van der Waals surface area contributed by atoms with Gasteiger partial charge in [-0.1, -0.05) is 30.4 Å². The largest absolute Gasteiger partial charge is 0.507 e. The molecule has 0 amide bonds. The van der Waals surface area contributed by atoms with E-state index in [0.717, 1.165) is 0 Å². The van der Waals surface area contributed by atoms with Crippen molar-refractivity contribution in [1.82, 2.24) is 0 Å². The van der Waals surface area contributed by atoms with Crippen molar-refractivity contribution >= 4 is 12.4 Å². The summed E-state index contributed by atoms with van der Waals surface area (Å²) in [5, 5.41) is 19.6. The standard InChI is InChI=1S/C20H23N2O3.Co/c1-15(25-2)11-18(22-13-17-8-4-6-10-20(17)24)14-21-12-16-7-3-5-9-19(16)23;/h3-10,12-13,15,18,23-24H,1,11,14H2,2H3;/q-1;. The molecule has 2 unspecified atom stereocenters. The Balaban J connectivity index is 0.00000338. The van der Waals surface area contributed by atoms with Gasteiger partial charge >= 0.3 is 0 Å². The topological polar surface area (TPSA) is 74.4 Å². The minimum atomic E-state index is -0.202. The Morgan fingerprint density at radius 2 is 1.54 bits per heavy atom. The van der Waals surface area contributed by atoms with E-state index in [-0.39, 0.29) is 40.4 Å². The SMILES string of the molecule is [CH2-]C(CC(CN=Cc1ccccc1O)N=Cc1ccccc1O)OC.[Co]. The van der Waals surface area contributed by atoms with Gasteiger partial charge < -0.3 is 21.9 Å². The van der Waals surface area contributed by atoms with Crippen LogP contribution in [-0.4, -0.2) is 48.4 Å². The molecule has 0 aliphatic rings. The molecule has 0 spiro atoms. The average Bonchev–Trinajstić information content (AvgIpc) is 2.62. The monoisotopic (exact) mass is 398 g/mol. The molecule has 2 rings (SSSR count). The molecule has 5 nitrogen and oxygen atoms in total. The van der Waals surface area contributed by atoms with Gasteiger partial charge in [-0.05, 0) is 30.7 Å². The Morgan fingerprint density at radius 3 is 2.08 bits per heavy atom. The number of hydrogen-bond donors (Lipinski definition) is 2. The summed E-state index contributed by atoms with van der Waals surface area (Å²) in [7, 11) is 1.60. The molecule has 0 aliphatic carbocycles. The minimum absolute atomic E-state index is 0. The second-order valence-corrected chi connectivity index (χ2v) is 5.64. The van der Waals surface area contributed by atoms with E-state index in [9.17, 15) is 10.2 Å².